The van der Waals surface area contributed by atoms with Gasteiger partial charge in [-0.25, -0.2) is 0 Å². The highest BCUT2D eigenvalue weighted by Crippen LogP contribution is 2.23. The van der Waals surface area contributed by atoms with Crippen molar-refractivity contribution in [1.29, 1.82) is 0 Å². The van der Waals surface area contributed by atoms with Gasteiger partial charge in [-0.05, 0) is 32.7 Å². The molecule has 2 rings (SSSR count). The highest BCUT2D eigenvalue weighted by Gasteiger charge is 2.24. The molecule has 1 saturated carbocycles. The van der Waals surface area contributed by atoms with E-state index in [1.54, 1.807) is 0 Å². The Morgan fingerprint density at radius 2 is 1.86 bits per heavy atom. The Balaban J connectivity index is 0.00000242. The lowest BCUT2D eigenvalue weighted by Gasteiger charge is -2.25. The van der Waals surface area contributed by atoms with Gasteiger partial charge in [-0.15, -0.1) is 12.4 Å². The van der Waals surface area contributed by atoms with Crippen molar-refractivity contribution in [3.8, 4) is 0 Å². The predicted octanol–water partition coefficient (Wildman–Crippen LogP) is 1.71. The van der Waals surface area contributed by atoms with E-state index in [9.17, 15) is 9.59 Å². The Bertz CT molecular complexity index is 351. The van der Waals surface area contributed by atoms with Gasteiger partial charge in [0.2, 0.25) is 11.8 Å². The molecule has 1 unspecified atom stereocenters. The second-order valence-electron chi connectivity index (χ2n) is 6.43. The number of hydrogen-bond donors (Lipinski definition) is 2. The molecule has 22 heavy (non-hydrogen) atoms. The smallest absolute Gasteiger partial charge is 0.224 e. The quantitative estimate of drug-likeness (QED) is 0.824. The van der Waals surface area contributed by atoms with Crippen LogP contribution in [0.15, 0.2) is 0 Å². The molecule has 1 saturated heterocycles. The van der Waals surface area contributed by atoms with E-state index in [0.717, 1.165) is 58.3 Å². The Morgan fingerprint density at radius 1 is 1.14 bits per heavy atom. The van der Waals surface area contributed by atoms with E-state index in [1.807, 2.05) is 11.8 Å². The number of carbonyl (C=O) groups excluding carboxylic acids is 2. The number of carbonyl (C=O) groups is 2. The number of halogens is 1. The maximum absolute atomic E-state index is 12.3. The lowest BCUT2D eigenvalue weighted by atomic mass is 9.88. The minimum absolute atomic E-state index is 0. The normalized spacial score (nSPS) is 21.4. The molecule has 2 fully saturated rings. The van der Waals surface area contributed by atoms with Gasteiger partial charge in [-0.2, -0.15) is 0 Å². The summed E-state index contributed by atoms with van der Waals surface area (Å²) in [4.78, 5) is 26.4. The molecule has 128 valence electrons. The van der Waals surface area contributed by atoms with Crippen molar-refractivity contribution >= 4 is 24.2 Å². The van der Waals surface area contributed by atoms with Crippen LogP contribution in [0, 0.1) is 5.92 Å². The Morgan fingerprint density at radius 3 is 2.59 bits per heavy atom. The molecular formula is C16H30ClN3O2. The zero-order valence-electron chi connectivity index (χ0n) is 13.6. The van der Waals surface area contributed by atoms with Crippen LogP contribution in [0.25, 0.3) is 0 Å². The number of nitrogens with one attached hydrogen (secondary N) is 2. The average Bonchev–Trinajstić information content (AvgIpc) is 2.77. The van der Waals surface area contributed by atoms with Crippen LogP contribution in [0.2, 0.25) is 0 Å². The molecule has 2 N–H and O–H groups in total. The van der Waals surface area contributed by atoms with Crippen molar-refractivity contribution in [2.45, 2.75) is 57.9 Å². The third kappa shape index (κ3) is 6.13. The molecule has 0 aromatic carbocycles. The van der Waals surface area contributed by atoms with E-state index in [0.29, 0.717) is 6.42 Å². The Kier molecular flexibility index (Phi) is 8.79. The van der Waals surface area contributed by atoms with Gasteiger partial charge in [-0.1, -0.05) is 19.3 Å². The SMILES string of the molecule is CC(CC(=O)N1CCCNCC1)NC(=O)C1CCCCC1.Cl. The first-order valence-electron chi connectivity index (χ1n) is 8.45. The lowest BCUT2D eigenvalue weighted by Crippen LogP contribution is -2.42. The second-order valence-corrected chi connectivity index (χ2v) is 6.43. The van der Waals surface area contributed by atoms with Crippen molar-refractivity contribution in [1.82, 2.24) is 15.5 Å². The first kappa shape index (κ1) is 19.2. The average molecular weight is 332 g/mol. The second kappa shape index (κ2) is 10.1. The topological polar surface area (TPSA) is 61.4 Å². The fraction of sp³-hybridized carbons (Fsp3) is 0.875. The van der Waals surface area contributed by atoms with E-state index in [4.69, 9.17) is 0 Å². The minimum atomic E-state index is -0.0665. The molecule has 0 bridgehead atoms. The van der Waals surface area contributed by atoms with Crippen LogP contribution >= 0.6 is 12.4 Å². The molecule has 1 aliphatic heterocycles. The van der Waals surface area contributed by atoms with Crippen molar-refractivity contribution in [2.24, 2.45) is 5.92 Å². The summed E-state index contributed by atoms with van der Waals surface area (Å²) in [5, 5.41) is 6.33. The van der Waals surface area contributed by atoms with Gasteiger partial charge in [0.15, 0.2) is 0 Å². The first-order chi connectivity index (χ1) is 10.2. The summed E-state index contributed by atoms with van der Waals surface area (Å²) in [5.41, 5.74) is 0. The van der Waals surface area contributed by atoms with Crippen LogP contribution in [0.4, 0.5) is 0 Å². The molecule has 1 atom stereocenters. The van der Waals surface area contributed by atoms with E-state index < -0.39 is 0 Å². The molecule has 1 aliphatic carbocycles. The maximum Gasteiger partial charge on any atom is 0.224 e. The number of amides is 2. The van der Waals surface area contributed by atoms with E-state index in [2.05, 4.69) is 10.6 Å². The molecule has 2 amide bonds. The van der Waals surface area contributed by atoms with Crippen molar-refractivity contribution in [3.63, 3.8) is 0 Å². The molecule has 5 nitrogen and oxygen atoms in total. The zero-order valence-corrected chi connectivity index (χ0v) is 14.4. The predicted molar refractivity (Wildman–Crippen MR) is 90.1 cm³/mol. The van der Waals surface area contributed by atoms with E-state index >= 15 is 0 Å². The Hall–Kier alpha value is -0.810. The zero-order chi connectivity index (χ0) is 15.1. The number of hydrogen-bond acceptors (Lipinski definition) is 3. The fourth-order valence-electron chi connectivity index (χ4n) is 3.26. The lowest BCUT2D eigenvalue weighted by molar-refractivity contribution is -0.132. The van der Waals surface area contributed by atoms with Crippen molar-refractivity contribution in [3.05, 3.63) is 0 Å². The van der Waals surface area contributed by atoms with Crippen molar-refractivity contribution < 1.29 is 9.59 Å². The molecule has 6 heteroatoms. The van der Waals surface area contributed by atoms with Crippen LogP contribution in [0.5, 0.6) is 0 Å². The Labute approximate surface area is 140 Å². The van der Waals surface area contributed by atoms with Crippen LogP contribution in [-0.2, 0) is 9.59 Å². The highest BCUT2D eigenvalue weighted by molar-refractivity contribution is 5.85. The van der Waals surface area contributed by atoms with E-state index in [1.165, 1.54) is 6.42 Å². The highest BCUT2D eigenvalue weighted by atomic mass is 35.5. The first-order valence-corrected chi connectivity index (χ1v) is 8.45. The standard InChI is InChI=1S/C16H29N3O2.ClH/c1-13(18-16(21)14-6-3-2-4-7-14)12-15(20)19-10-5-8-17-9-11-19;/h13-14,17H,2-12H2,1H3,(H,18,21);1H. The van der Waals surface area contributed by atoms with Gasteiger partial charge in [0, 0.05) is 38.0 Å². The fourth-order valence-corrected chi connectivity index (χ4v) is 3.26. The summed E-state index contributed by atoms with van der Waals surface area (Å²) in [6, 6.07) is -0.0665. The summed E-state index contributed by atoms with van der Waals surface area (Å²) in [6.45, 7) is 5.40. The molecule has 0 spiro atoms. The molecule has 0 radical (unpaired) electrons. The van der Waals surface area contributed by atoms with Crippen molar-refractivity contribution in [2.75, 3.05) is 26.2 Å². The van der Waals surface area contributed by atoms with Crippen LogP contribution < -0.4 is 10.6 Å². The monoisotopic (exact) mass is 331 g/mol. The van der Waals surface area contributed by atoms with Gasteiger partial charge < -0.3 is 15.5 Å². The maximum atomic E-state index is 12.3. The minimum Gasteiger partial charge on any atom is -0.353 e. The molecular weight excluding hydrogens is 302 g/mol. The van der Waals surface area contributed by atoms with Crippen LogP contribution in [0.1, 0.15) is 51.9 Å². The number of nitrogens with zero attached hydrogens (tertiary/aromatic N) is 1. The number of rotatable bonds is 4. The molecule has 2 aliphatic rings. The van der Waals surface area contributed by atoms with Crippen LogP contribution in [0.3, 0.4) is 0 Å². The van der Waals surface area contributed by atoms with Gasteiger partial charge >= 0.3 is 0 Å². The summed E-state index contributed by atoms with van der Waals surface area (Å²) >= 11 is 0. The van der Waals surface area contributed by atoms with Gasteiger partial charge in [0.1, 0.15) is 0 Å². The van der Waals surface area contributed by atoms with Gasteiger partial charge in [0.05, 0.1) is 0 Å². The van der Waals surface area contributed by atoms with E-state index in [-0.39, 0.29) is 36.2 Å². The summed E-state index contributed by atoms with van der Waals surface area (Å²) < 4.78 is 0. The molecule has 0 aromatic heterocycles. The third-order valence-corrected chi connectivity index (χ3v) is 4.54. The molecule has 0 aromatic rings. The van der Waals surface area contributed by atoms with Crippen LogP contribution in [-0.4, -0.2) is 48.9 Å². The summed E-state index contributed by atoms with van der Waals surface area (Å²) in [7, 11) is 0. The summed E-state index contributed by atoms with van der Waals surface area (Å²) in [5.74, 6) is 0.473. The largest absolute Gasteiger partial charge is 0.353 e. The third-order valence-electron chi connectivity index (χ3n) is 4.54. The van der Waals surface area contributed by atoms with Gasteiger partial charge in [0.25, 0.3) is 0 Å². The molecule has 1 heterocycles. The van der Waals surface area contributed by atoms with Gasteiger partial charge in [-0.3, -0.25) is 9.59 Å². The summed E-state index contributed by atoms with van der Waals surface area (Å²) in [6.07, 6.45) is 7.00.